The SMILES string of the molecule is Cc1ccnc(NCCc2ncno2)c1. The number of hydrogen-bond donors (Lipinski definition) is 1. The largest absolute Gasteiger partial charge is 0.370 e. The fourth-order valence-electron chi connectivity index (χ4n) is 1.24. The van der Waals surface area contributed by atoms with Crippen LogP contribution in [0.1, 0.15) is 11.5 Å². The third kappa shape index (κ3) is 2.77. The molecule has 2 aromatic heterocycles. The van der Waals surface area contributed by atoms with Crippen molar-refractivity contribution in [3.63, 3.8) is 0 Å². The molecule has 0 aromatic carbocycles. The summed E-state index contributed by atoms with van der Waals surface area (Å²) in [5.41, 5.74) is 1.19. The van der Waals surface area contributed by atoms with Gasteiger partial charge in [-0.15, -0.1) is 0 Å². The summed E-state index contributed by atoms with van der Waals surface area (Å²) in [6, 6.07) is 3.96. The molecule has 1 N–H and O–H groups in total. The summed E-state index contributed by atoms with van der Waals surface area (Å²) in [7, 11) is 0. The zero-order valence-corrected chi connectivity index (χ0v) is 8.47. The molecular weight excluding hydrogens is 192 g/mol. The molecule has 5 heteroatoms. The molecule has 2 heterocycles. The fraction of sp³-hybridized carbons (Fsp3) is 0.300. The molecule has 0 saturated heterocycles. The minimum absolute atomic E-state index is 0.634. The molecule has 0 amide bonds. The standard InChI is InChI=1S/C10H12N4O/c1-8-2-4-11-9(6-8)12-5-3-10-13-7-14-15-10/h2,4,6-7H,3,5H2,1H3,(H,11,12). The van der Waals surface area contributed by atoms with E-state index in [4.69, 9.17) is 4.52 Å². The second kappa shape index (κ2) is 4.54. The lowest BCUT2D eigenvalue weighted by Crippen LogP contribution is -2.06. The molecule has 5 nitrogen and oxygen atoms in total. The van der Waals surface area contributed by atoms with Crippen molar-refractivity contribution in [1.29, 1.82) is 0 Å². The second-order valence-corrected chi connectivity index (χ2v) is 3.23. The third-order valence-corrected chi connectivity index (χ3v) is 1.97. The number of nitrogens with one attached hydrogen (secondary N) is 1. The van der Waals surface area contributed by atoms with Crippen LogP contribution in [0.2, 0.25) is 0 Å². The minimum Gasteiger partial charge on any atom is -0.370 e. The van der Waals surface area contributed by atoms with Crippen molar-refractivity contribution < 1.29 is 4.52 Å². The van der Waals surface area contributed by atoms with E-state index in [-0.39, 0.29) is 0 Å². The van der Waals surface area contributed by atoms with Crippen molar-refractivity contribution in [2.24, 2.45) is 0 Å². The van der Waals surface area contributed by atoms with Gasteiger partial charge in [-0.05, 0) is 24.6 Å². The van der Waals surface area contributed by atoms with Gasteiger partial charge < -0.3 is 9.84 Å². The van der Waals surface area contributed by atoms with E-state index in [2.05, 4.69) is 20.4 Å². The highest BCUT2D eigenvalue weighted by atomic mass is 16.5. The third-order valence-electron chi connectivity index (χ3n) is 1.97. The van der Waals surface area contributed by atoms with Crippen LogP contribution in [0.25, 0.3) is 0 Å². The van der Waals surface area contributed by atoms with Gasteiger partial charge in [0.25, 0.3) is 0 Å². The molecule has 0 bridgehead atoms. The van der Waals surface area contributed by atoms with Gasteiger partial charge >= 0.3 is 0 Å². The number of nitrogens with zero attached hydrogens (tertiary/aromatic N) is 3. The Kier molecular flexibility index (Phi) is 2.92. The first-order chi connectivity index (χ1) is 7.34. The average molecular weight is 204 g/mol. The number of anilines is 1. The van der Waals surface area contributed by atoms with Crippen LogP contribution in [0.3, 0.4) is 0 Å². The van der Waals surface area contributed by atoms with Crippen LogP contribution < -0.4 is 5.32 Å². The van der Waals surface area contributed by atoms with Crippen molar-refractivity contribution in [3.8, 4) is 0 Å². The molecule has 15 heavy (non-hydrogen) atoms. The molecule has 0 fully saturated rings. The molecule has 0 unspecified atom stereocenters. The molecule has 0 atom stereocenters. The van der Waals surface area contributed by atoms with Crippen LogP contribution >= 0.6 is 0 Å². The Morgan fingerprint density at radius 1 is 1.40 bits per heavy atom. The van der Waals surface area contributed by atoms with E-state index in [0.717, 1.165) is 12.4 Å². The highest BCUT2D eigenvalue weighted by molar-refractivity contribution is 5.36. The lowest BCUT2D eigenvalue weighted by molar-refractivity contribution is 0.379. The lowest BCUT2D eigenvalue weighted by Gasteiger charge is -2.03. The van der Waals surface area contributed by atoms with Crippen molar-refractivity contribution in [3.05, 3.63) is 36.1 Å². The van der Waals surface area contributed by atoms with Gasteiger partial charge in [-0.25, -0.2) is 4.98 Å². The van der Waals surface area contributed by atoms with Gasteiger partial charge in [-0.2, -0.15) is 4.98 Å². The maximum atomic E-state index is 4.87. The maximum Gasteiger partial charge on any atom is 0.228 e. The zero-order chi connectivity index (χ0) is 10.5. The molecular formula is C10H12N4O. The Hall–Kier alpha value is -1.91. The summed E-state index contributed by atoms with van der Waals surface area (Å²) >= 11 is 0. The molecule has 0 spiro atoms. The van der Waals surface area contributed by atoms with Crippen molar-refractivity contribution in [2.75, 3.05) is 11.9 Å². The van der Waals surface area contributed by atoms with Gasteiger partial charge in [0.1, 0.15) is 5.82 Å². The van der Waals surface area contributed by atoms with Crippen LogP contribution in [0, 0.1) is 6.92 Å². The van der Waals surface area contributed by atoms with E-state index in [1.807, 2.05) is 19.1 Å². The Balaban J connectivity index is 1.83. The van der Waals surface area contributed by atoms with Crippen LogP contribution in [-0.4, -0.2) is 21.7 Å². The average Bonchev–Trinajstić information content (AvgIpc) is 2.71. The van der Waals surface area contributed by atoms with E-state index in [1.165, 1.54) is 11.9 Å². The molecule has 0 aliphatic rings. The first kappa shape index (κ1) is 9.64. The number of hydrogen-bond acceptors (Lipinski definition) is 5. The molecule has 2 rings (SSSR count). The molecule has 0 radical (unpaired) electrons. The van der Waals surface area contributed by atoms with Gasteiger partial charge in [0, 0.05) is 19.2 Å². The number of rotatable bonds is 4. The lowest BCUT2D eigenvalue weighted by atomic mass is 10.3. The first-order valence-corrected chi connectivity index (χ1v) is 4.76. The molecule has 2 aromatic rings. The predicted octanol–water partition coefficient (Wildman–Crippen LogP) is 1.43. The monoisotopic (exact) mass is 204 g/mol. The van der Waals surface area contributed by atoms with Crippen molar-refractivity contribution in [1.82, 2.24) is 15.1 Å². The van der Waals surface area contributed by atoms with Crippen LogP contribution in [0.15, 0.2) is 29.2 Å². The first-order valence-electron chi connectivity index (χ1n) is 4.76. The van der Waals surface area contributed by atoms with E-state index in [0.29, 0.717) is 12.3 Å². The quantitative estimate of drug-likeness (QED) is 0.816. The molecule has 0 aliphatic heterocycles. The summed E-state index contributed by atoms with van der Waals surface area (Å²) in [6.45, 7) is 2.77. The smallest absolute Gasteiger partial charge is 0.228 e. The highest BCUT2D eigenvalue weighted by Gasteiger charge is 1.98. The predicted molar refractivity (Wildman–Crippen MR) is 55.5 cm³/mol. The summed E-state index contributed by atoms with van der Waals surface area (Å²) in [5.74, 6) is 1.50. The van der Waals surface area contributed by atoms with Gasteiger partial charge in [0.2, 0.25) is 5.89 Å². The summed E-state index contributed by atoms with van der Waals surface area (Å²) < 4.78 is 4.87. The Morgan fingerprint density at radius 2 is 2.33 bits per heavy atom. The van der Waals surface area contributed by atoms with Gasteiger partial charge in [0.15, 0.2) is 6.33 Å². The topological polar surface area (TPSA) is 63.8 Å². The summed E-state index contributed by atoms with van der Waals surface area (Å²) in [5, 5.41) is 6.72. The highest BCUT2D eigenvalue weighted by Crippen LogP contribution is 2.05. The van der Waals surface area contributed by atoms with Crippen LogP contribution in [-0.2, 0) is 6.42 Å². The van der Waals surface area contributed by atoms with Crippen molar-refractivity contribution in [2.45, 2.75) is 13.3 Å². The molecule has 0 saturated carbocycles. The summed E-state index contributed by atoms with van der Waals surface area (Å²) in [6.07, 6.45) is 3.89. The number of aryl methyl sites for hydroxylation is 1. The Bertz CT molecular complexity index is 413. The van der Waals surface area contributed by atoms with E-state index in [9.17, 15) is 0 Å². The molecule has 0 aliphatic carbocycles. The van der Waals surface area contributed by atoms with Gasteiger partial charge in [-0.1, -0.05) is 5.16 Å². The van der Waals surface area contributed by atoms with Gasteiger partial charge in [0.05, 0.1) is 0 Å². The summed E-state index contributed by atoms with van der Waals surface area (Å²) in [4.78, 5) is 8.11. The fourth-order valence-corrected chi connectivity index (χ4v) is 1.24. The van der Waals surface area contributed by atoms with Crippen LogP contribution in [0.5, 0.6) is 0 Å². The maximum absolute atomic E-state index is 4.87. The van der Waals surface area contributed by atoms with Crippen molar-refractivity contribution >= 4 is 5.82 Å². The Morgan fingerprint density at radius 3 is 3.07 bits per heavy atom. The number of pyridine rings is 1. The number of aromatic nitrogens is 3. The van der Waals surface area contributed by atoms with Crippen LogP contribution in [0.4, 0.5) is 5.82 Å². The van der Waals surface area contributed by atoms with E-state index >= 15 is 0 Å². The Labute approximate surface area is 87.5 Å². The minimum atomic E-state index is 0.634. The molecule has 78 valence electrons. The van der Waals surface area contributed by atoms with E-state index < -0.39 is 0 Å². The zero-order valence-electron chi connectivity index (χ0n) is 8.47. The normalized spacial score (nSPS) is 10.2. The van der Waals surface area contributed by atoms with E-state index in [1.54, 1.807) is 6.20 Å². The van der Waals surface area contributed by atoms with Gasteiger partial charge in [-0.3, -0.25) is 0 Å². The second-order valence-electron chi connectivity index (χ2n) is 3.23.